The largest absolute Gasteiger partial charge is 0.455 e. The second-order valence-corrected chi connectivity index (χ2v) is 5.63. The highest BCUT2D eigenvalue weighted by Gasteiger charge is 2.10. The molecule has 0 aliphatic carbocycles. The highest BCUT2D eigenvalue weighted by atomic mass is 35.5. The first-order chi connectivity index (χ1) is 11.7. The average molecular weight is 338 g/mol. The predicted octanol–water partition coefficient (Wildman–Crippen LogP) is 5.31. The molecule has 0 unspecified atom stereocenters. The molecular weight excluding hydrogens is 322 g/mol. The van der Waals surface area contributed by atoms with Crippen molar-refractivity contribution in [2.75, 3.05) is 5.32 Å². The fourth-order valence-electron chi connectivity index (χ4n) is 2.28. The molecule has 1 amide bonds. The van der Waals surface area contributed by atoms with Crippen molar-refractivity contribution < 1.29 is 9.53 Å². The fourth-order valence-corrected chi connectivity index (χ4v) is 2.49. The maximum absolute atomic E-state index is 12.3. The zero-order chi connectivity index (χ0) is 16.8. The van der Waals surface area contributed by atoms with Gasteiger partial charge in [-0.15, -0.1) is 0 Å². The topological polar surface area (TPSA) is 38.3 Å². The summed E-state index contributed by atoms with van der Waals surface area (Å²) in [6.07, 6.45) is 0.208. The van der Waals surface area contributed by atoms with Crippen molar-refractivity contribution in [2.45, 2.75) is 6.42 Å². The third kappa shape index (κ3) is 4.15. The van der Waals surface area contributed by atoms with Crippen molar-refractivity contribution in [1.29, 1.82) is 0 Å². The molecule has 3 nitrogen and oxygen atoms in total. The van der Waals surface area contributed by atoms with Crippen LogP contribution >= 0.6 is 11.6 Å². The Bertz CT molecular complexity index is 834. The molecule has 0 radical (unpaired) electrons. The quantitative estimate of drug-likeness (QED) is 0.684. The number of carbonyl (C=O) groups excluding carboxylic acids is 1. The Morgan fingerprint density at radius 3 is 2.33 bits per heavy atom. The average Bonchev–Trinajstić information content (AvgIpc) is 2.60. The van der Waals surface area contributed by atoms with Crippen molar-refractivity contribution in [1.82, 2.24) is 0 Å². The Morgan fingerprint density at radius 1 is 0.875 bits per heavy atom. The van der Waals surface area contributed by atoms with Gasteiger partial charge >= 0.3 is 0 Å². The number of para-hydroxylation sites is 3. The van der Waals surface area contributed by atoms with Crippen LogP contribution in [0.4, 0.5) is 5.69 Å². The molecular formula is C20H16ClNO2. The number of rotatable bonds is 5. The lowest BCUT2D eigenvalue weighted by molar-refractivity contribution is -0.115. The number of amides is 1. The molecule has 0 bridgehead atoms. The van der Waals surface area contributed by atoms with E-state index >= 15 is 0 Å². The Hall–Kier alpha value is -2.78. The first-order valence-electron chi connectivity index (χ1n) is 7.57. The molecule has 120 valence electrons. The van der Waals surface area contributed by atoms with Gasteiger partial charge in [0.1, 0.15) is 5.75 Å². The van der Waals surface area contributed by atoms with Crippen LogP contribution in [0.3, 0.4) is 0 Å². The van der Waals surface area contributed by atoms with Crippen LogP contribution in [0.25, 0.3) is 0 Å². The molecule has 4 heteroatoms. The van der Waals surface area contributed by atoms with Crippen LogP contribution in [0.5, 0.6) is 11.5 Å². The molecule has 0 aliphatic rings. The molecule has 0 aliphatic heterocycles. The SMILES string of the molecule is O=C(Cc1ccccc1Cl)Nc1ccccc1Oc1ccccc1. The number of halogens is 1. The molecule has 0 atom stereocenters. The van der Waals surface area contributed by atoms with Gasteiger partial charge in [-0.05, 0) is 35.9 Å². The van der Waals surface area contributed by atoms with Gasteiger partial charge in [0.25, 0.3) is 0 Å². The molecule has 0 saturated carbocycles. The summed E-state index contributed by atoms with van der Waals surface area (Å²) in [4.78, 5) is 12.3. The van der Waals surface area contributed by atoms with Gasteiger partial charge in [0, 0.05) is 5.02 Å². The van der Waals surface area contributed by atoms with Crippen molar-refractivity contribution in [3.8, 4) is 11.5 Å². The lowest BCUT2D eigenvalue weighted by Crippen LogP contribution is -2.15. The van der Waals surface area contributed by atoms with Crippen LogP contribution in [0.1, 0.15) is 5.56 Å². The summed E-state index contributed by atoms with van der Waals surface area (Å²) in [5.41, 5.74) is 1.41. The van der Waals surface area contributed by atoms with Crippen molar-refractivity contribution in [3.63, 3.8) is 0 Å². The van der Waals surface area contributed by atoms with Crippen LogP contribution in [0.15, 0.2) is 78.9 Å². The van der Waals surface area contributed by atoms with Gasteiger partial charge in [0.2, 0.25) is 5.91 Å². The van der Waals surface area contributed by atoms with Gasteiger partial charge in [-0.2, -0.15) is 0 Å². The molecule has 0 spiro atoms. The Kier molecular flexibility index (Phi) is 5.14. The minimum Gasteiger partial charge on any atom is -0.455 e. The Balaban J connectivity index is 1.73. The number of hydrogen-bond acceptors (Lipinski definition) is 2. The molecule has 1 N–H and O–H groups in total. The zero-order valence-electron chi connectivity index (χ0n) is 12.9. The Morgan fingerprint density at radius 2 is 1.54 bits per heavy atom. The summed E-state index contributed by atoms with van der Waals surface area (Å²) in [7, 11) is 0. The van der Waals surface area contributed by atoms with Gasteiger partial charge in [-0.1, -0.05) is 60.1 Å². The van der Waals surface area contributed by atoms with E-state index < -0.39 is 0 Å². The standard InChI is InChI=1S/C20H16ClNO2/c21-17-11-5-4-8-15(17)14-20(23)22-18-12-6-7-13-19(18)24-16-9-2-1-3-10-16/h1-13H,14H2,(H,22,23). The van der Waals surface area contributed by atoms with E-state index in [1.165, 1.54) is 0 Å². The highest BCUT2D eigenvalue weighted by molar-refractivity contribution is 6.31. The third-order valence-corrected chi connectivity index (χ3v) is 3.81. The van der Waals surface area contributed by atoms with E-state index in [1.54, 1.807) is 6.07 Å². The minimum absolute atomic E-state index is 0.146. The van der Waals surface area contributed by atoms with Crippen molar-refractivity contribution >= 4 is 23.2 Å². The van der Waals surface area contributed by atoms with Gasteiger partial charge < -0.3 is 10.1 Å². The van der Waals surface area contributed by atoms with Crippen LogP contribution in [0.2, 0.25) is 5.02 Å². The summed E-state index contributed by atoms with van der Waals surface area (Å²) in [5.74, 6) is 1.16. The molecule has 0 fully saturated rings. The zero-order valence-corrected chi connectivity index (χ0v) is 13.7. The number of hydrogen-bond donors (Lipinski definition) is 1. The number of ether oxygens (including phenoxy) is 1. The van der Waals surface area contributed by atoms with E-state index in [1.807, 2.05) is 72.8 Å². The van der Waals surface area contributed by atoms with E-state index in [4.69, 9.17) is 16.3 Å². The van der Waals surface area contributed by atoms with Crippen LogP contribution in [-0.4, -0.2) is 5.91 Å². The summed E-state index contributed by atoms with van der Waals surface area (Å²) >= 11 is 6.11. The molecule has 3 rings (SSSR count). The van der Waals surface area contributed by atoms with E-state index in [2.05, 4.69) is 5.32 Å². The van der Waals surface area contributed by atoms with E-state index in [9.17, 15) is 4.79 Å². The van der Waals surface area contributed by atoms with Crippen molar-refractivity contribution in [2.24, 2.45) is 0 Å². The lowest BCUT2D eigenvalue weighted by Gasteiger charge is -2.12. The van der Waals surface area contributed by atoms with Gasteiger partial charge in [-0.3, -0.25) is 4.79 Å². The van der Waals surface area contributed by atoms with E-state index in [-0.39, 0.29) is 12.3 Å². The first-order valence-corrected chi connectivity index (χ1v) is 7.95. The summed E-state index contributed by atoms with van der Waals surface area (Å²) in [6.45, 7) is 0. The van der Waals surface area contributed by atoms with Gasteiger partial charge in [-0.25, -0.2) is 0 Å². The number of carbonyl (C=O) groups is 1. The molecule has 3 aromatic rings. The first kappa shape index (κ1) is 16.1. The maximum Gasteiger partial charge on any atom is 0.228 e. The number of benzene rings is 3. The predicted molar refractivity (Wildman–Crippen MR) is 96.7 cm³/mol. The van der Waals surface area contributed by atoms with E-state index in [0.717, 1.165) is 5.56 Å². The molecule has 0 saturated heterocycles. The second-order valence-electron chi connectivity index (χ2n) is 5.23. The number of nitrogens with one attached hydrogen (secondary N) is 1. The highest BCUT2D eigenvalue weighted by Crippen LogP contribution is 2.29. The minimum atomic E-state index is -0.146. The summed E-state index contributed by atoms with van der Waals surface area (Å²) in [6, 6.07) is 24.1. The van der Waals surface area contributed by atoms with Crippen LogP contribution < -0.4 is 10.1 Å². The normalized spacial score (nSPS) is 10.2. The lowest BCUT2D eigenvalue weighted by atomic mass is 10.1. The second kappa shape index (κ2) is 7.66. The van der Waals surface area contributed by atoms with Gasteiger partial charge in [0.05, 0.1) is 12.1 Å². The molecule has 3 aromatic carbocycles. The van der Waals surface area contributed by atoms with Gasteiger partial charge in [0.15, 0.2) is 5.75 Å². The summed E-state index contributed by atoms with van der Waals surface area (Å²) in [5, 5.41) is 3.47. The van der Waals surface area contributed by atoms with Crippen molar-refractivity contribution in [3.05, 3.63) is 89.4 Å². The molecule has 0 heterocycles. The summed E-state index contributed by atoms with van der Waals surface area (Å²) < 4.78 is 5.84. The molecule has 24 heavy (non-hydrogen) atoms. The molecule has 0 aromatic heterocycles. The van der Waals surface area contributed by atoms with Crippen LogP contribution in [-0.2, 0) is 11.2 Å². The third-order valence-electron chi connectivity index (χ3n) is 3.44. The maximum atomic E-state index is 12.3. The van der Waals surface area contributed by atoms with Crippen LogP contribution in [0, 0.1) is 0 Å². The van der Waals surface area contributed by atoms with E-state index in [0.29, 0.717) is 22.2 Å². The monoisotopic (exact) mass is 337 g/mol. The number of anilines is 1. The Labute approximate surface area is 145 Å². The fraction of sp³-hybridized carbons (Fsp3) is 0.0500. The smallest absolute Gasteiger partial charge is 0.228 e.